The number of carbonyl (C=O) groups excluding carboxylic acids is 2. The van der Waals surface area contributed by atoms with Gasteiger partial charge in [-0.05, 0) is 90.6 Å². The van der Waals surface area contributed by atoms with Crippen LogP contribution in [0.15, 0.2) is 73.1 Å². The van der Waals surface area contributed by atoms with Gasteiger partial charge in [0.25, 0.3) is 0 Å². The van der Waals surface area contributed by atoms with Crippen molar-refractivity contribution in [2.24, 2.45) is 5.92 Å². The highest BCUT2D eigenvalue weighted by atomic mass is 16.5. The number of rotatable bonds is 11. The number of ether oxygens (including phenoxy) is 1. The van der Waals surface area contributed by atoms with Crippen LogP contribution in [0.4, 0.5) is 16.2 Å². The third kappa shape index (κ3) is 6.85. The minimum atomic E-state index is -1.11. The van der Waals surface area contributed by atoms with Crippen LogP contribution >= 0.6 is 0 Å². The van der Waals surface area contributed by atoms with E-state index < -0.39 is 18.5 Å². The summed E-state index contributed by atoms with van der Waals surface area (Å²) in [6.07, 6.45) is 6.04. The number of aromatic nitrogens is 2. The second kappa shape index (κ2) is 12.9. The number of amides is 3. The summed E-state index contributed by atoms with van der Waals surface area (Å²) >= 11 is 0. The molecule has 0 saturated heterocycles. The summed E-state index contributed by atoms with van der Waals surface area (Å²) in [5, 5.41) is 18.3. The first-order valence-electron chi connectivity index (χ1n) is 15.3. The number of carboxylic acid groups (broad SMARTS) is 1. The summed E-state index contributed by atoms with van der Waals surface area (Å²) in [5.41, 5.74) is 8.14. The minimum absolute atomic E-state index is 0.129. The molecule has 0 bridgehead atoms. The summed E-state index contributed by atoms with van der Waals surface area (Å²) in [5.74, 6) is 0.822. The van der Waals surface area contributed by atoms with Crippen LogP contribution in [-0.2, 0) is 16.1 Å². The monoisotopic (exact) mass is 607 g/mol. The molecule has 45 heavy (non-hydrogen) atoms. The van der Waals surface area contributed by atoms with E-state index in [2.05, 4.69) is 47.8 Å². The molecule has 1 saturated carbocycles. The van der Waals surface area contributed by atoms with Crippen molar-refractivity contribution in [3.63, 3.8) is 0 Å². The molecule has 2 aliphatic rings. The molecule has 6 rings (SSSR count). The number of aryl methyl sites for hydroxylation is 1. The third-order valence-electron chi connectivity index (χ3n) is 8.61. The van der Waals surface area contributed by atoms with Gasteiger partial charge < -0.3 is 25.4 Å². The molecule has 2 heterocycles. The van der Waals surface area contributed by atoms with Gasteiger partial charge in [-0.25, -0.2) is 4.79 Å². The molecule has 232 valence electrons. The molecule has 3 aromatic carbocycles. The summed E-state index contributed by atoms with van der Waals surface area (Å²) in [7, 11) is 0. The van der Waals surface area contributed by atoms with Gasteiger partial charge in [-0.3, -0.25) is 14.3 Å². The molecular weight excluding hydrogens is 570 g/mol. The Morgan fingerprint density at radius 1 is 1.07 bits per heavy atom. The average Bonchev–Trinajstić information content (AvgIpc) is 3.67. The van der Waals surface area contributed by atoms with E-state index in [1.807, 2.05) is 58.4 Å². The van der Waals surface area contributed by atoms with Crippen LogP contribution in [0.5, 0.6) is 5.75 Å². The zero-order valence-electron chi connectivity index (χ0n) is 25.5. The number of nitrogens with zero attached hydrogens (tertiary/aromatic N) is 3. The lowest BCUT2D eigenvalue weighted by Crippen LogP contribution is -2.36. The second-order valence-corrected chi connectivity index (χ2v) is 11.8. The Morgan fingerprint density at radius 2 is 1.89 bits per heavy atom. The van der Waals surface area contributed by atoms with Crippen molar-refractivity contribution in [2.45, 2.75) is 45.6 Å². The SMILES string of the molecule is Cc1cccc(OCCCC(=O)N2CC3CC3c3c(-c4cnn(Cc5cccc(NC(=O)NCC(=O)O)c5)c4)cccc32)c1C. The molecule has 1 aliphatic heterocycles. The highest BCUT2D eigenvalue weighted by Crippen LogP contribution is 2.57. The predicted octanol–water partition coefficient (Wildman–Crippen LogP) is 5.73. The highest BCUT2D eigenvalue weighted by Gasteiger charge is 2.47. The Kier molecular flexibility index (Phi) is 8.55. The molecule has 3 amide bonds. The van der Waals surface area contributed by atoms with Crippen LogP contribution < -0.4 is 20.3 Å². The normalized spacial score (nSPS) is 16.4. The largest absolute Gasteiger partial charge is 0.493 e. The van der Waals surface area contributed by atoms with Crippen molar-refractivity contribution in [3.8, 4) is 16.9 Å². The van der Waals surface area contributed by atoms with E-state index in [9.17, 15) is 14.4 Å². The number of anilines is 2. The molecule has 0 spiro atoms. The first-order valence-corrected chi connectivity index (χ1v) is 15.3. The first kappa shape index (κ1) is 29.9. The van der Waals surface area contributed by atoms with Gasteiger partial charge in [0, 0.05) is 36.1 Å². The topological polar surface area (TPSA) is 126 Å². The molecule has 10 heteroatoms. The van der Waals surface area contributed by atoms with Crippen molar-refractivity contribution in [1.82, 2.24) is 15.1 Å². The zero-order chi connectivity index (χ0) is 31.5. The van der Waals surface area contributed by atoms with Gasteiger partial charge in [-0.1, -0.05) is 36.4 Å². The molecule has 1 fully saturated rings. The van der Waals surface area contributed by atoms with Gasteiger partial charge in [-0.15, -0.1) is 0 Å². The molecular formula is C35H37N5O5. The van der Waals surface area contributed by atoms with Gasteiger partial charge in [0.1, 0.15) is 12.3 Å². The summed E-state index contributed by atoms with van der Waals surface area (Å²) in [6, 6.07) is 19.0. The first-order chi connectivity index (χ1) is 21.8. The minimum Gasteiger partial charge on any atom is -0.493 e. The molecule has 1 aromatic heterocycles. The summed E-state index contributed by atoms with van der Waals surface area (Å²) in [4.78, 5) is 38.1. The Balaban J connectivity index is 1.11. The number of hydrogen-bond donors (Lipinski definition) is 3. The highest BCUT2D eigenvalue weighted by molar-refractivity contribution is 5.97. The van der Waals surface area contributed by atoms with Crippen molar-refractivity contribution >= 4 is 29.3 Å². The van der Waals surface area contributed by atoms with Crippen LogP contribution in [0.2, 0.25) is 0 Å². The van der Waals surface area contributed by atoms with Crippen molar-refractivity contribution in [2.75, 3.05) is 29.9 Å². The number of carboxylic acids is 1. The van der Waals surface area contributed by atoms with Gasteiger partial charge in [0.05, 0.1) is 19.3 Å². The van der Waals surface area contributed by atoms with Gasteiger partial charge in [0.2, 0.25) is 5.91 Å². The van der Waals surface area contributed by atoms with E-state index in [0.29, 0.717) is 43.5 Å². The maximum atomic E-state index is 13.5. The van der Waals surface area contributed by atoms with Gasteiger partial charge >= 0.3 is 12.0 Å². The Morgan fingerprint density at radius 3 is 2.73 bits per heavy atom. The maximum Gasteiger partial charge on any atom is 0.323 e. The number of hydrogen-bond acceptors (Lipinski definition) is 5. The van der Waals surface area contributed by atoms with E-state index in [1.165, 1.54) is 11.1 Å². The van der Waals surface area contributed by atoms with Crippen molar-refractivity contribution in [1.29, 1.82) is 0 Å². The lowest BCUT2D eigenvalue weighted by atomic mass is 9.92. The summed E-state index contributed by atoms with van der Waals surface area (Å²) < 4.78 is 7.85. The average molecular weight is 608 g/mol. The number of nitrogens with one attached hydrogen (secondary N) is 2. The Bertz CT molecular complexity index is 1750. The van der Waals surface area contributed by atoms with Crippen LogP contribution in [0.3, 0.4) is 0 Å². The van der Waals surface area contributed by atoms with Crippen molar-refractivity contribution < 1.29 is 24.2 Å². The molecule has 1 aliphatic carbocycles. The smallest absolute Gasteiger partial charge is 0.323 e. The van der Waals surface area contributed by atoms with Crippen LogP contribution in [0.25, 0.3) is 11.1 Å². The lowest BCUT2D eigenvalue weighted by molar-refractivity contribution is -0.135. The summed E-state index contributed by atoms with van der Waals surface area (Å²) in [6.45, 7) is 5.41. The fourth-order valence-corrected chi connectivity index (χ4v) is 6.08. The molecule has 2 unspecified atom stereocenters. The molecule has 2 atom stereocenters. The fourth-order valence-electron chi connectivity index (χ4n) is 6.08. The maximum absolute atomic E-state index is 13.5. The zero-order valence-corrected chi connectivity index (χ0v) is 25.5. The number of fused-ring (bicyclic) bond motifs is 3. The van der Waals surface area contributed by atoms with E-state index in [0.717, 1.165) is 46.7 Å². The number of carbonyl (C=O) groups is 3. The molecule has 4 aromatic rings. The van der Waals surface area contributed by atoms with Crippen LogP contribution in [0.1, 0.15) is 47.4 Å². The van der Waals surface area contributed by atoms with E-state index >= 15 is 0 Å². The van der Waals surface area contributed by atoms with Crippen molar-refractivity contribution in [3.05, 3.63) is 95.3 Å². The number of aliphatic carboxylic acids is 1. The van der Waals surface area contributed by atoms with Gasteiger partial charge in [0.15, 0.2) is 0 Å². The quantitative estimate of drug-likeness (QED) is 0.187. The second-order valence-electron chi connectivity index (χ2n) is 11.8. The lowest BCUT2D eigenvalue weighted by Gasteiger charge is -2.30. The number of urea groups is 1. The number of benzene rings is 3. The fraction of sp³-hybridized carbons (Fsp3) is 0.314. The molecule has 3 N–H and O–H groups in total. The third-order valence-corrected chi connectivity index (χ3v) is 8.61. The standard InChI is InChI=1S/C35H37N5O5/c1-22-7-3-12-31(23(22)2)45-14-6-13-32(41)40-21-25-16-29(25)34-28(10-5-11-30(34)40)26-17-37-39(20-26)19-24-8-4-9-27(15-24)38-35(44)36-18-33(42)43/h3-5,7-12,15,17,20,25,29H,6,13-14,16,18-19,21H2,1-2H3,(H,42,43)(H2,36,38,44). The van der Waals surface area contributed by atoms with E-state index in [1.54, 1.807) is 6.07 Å². The Hall–Kier alpha value is -5.12. The van der Waals surface area contributed by atoms with E-state index in [-0.39, 0.29) is 5.91 Å². The molecule has 10 nitrogen and oxygen atoms in total. The molecule has 0 radical (unpaired) electrons. The Labute approximate surface area is 262 Å². The predicted molar refractivity (Wildman–Crippen MR) is 172 cm³/mol. The van der Waals surface area contributed by atoms with E-state index in [4.69, 9.17) is 9.84 Å². The van der Waals surface area contributed by atoms with Gasteiger partial charge in [-0.2, -0.15) is 5.10 Å². The van der Waals surface area contributed by atoms with Crippen LogP contribution in [0, 0.1) is 19.8 Å². The van der Waals surface area contributed by atoms with Crippen LogP contribution in [-0.4, -0.2) is 52.5 Å².